The molecule has 2 aliphatic rings. The smallest absolute Gasteiger partial charge is 0.227 e. The molecule has 1 aliphatic heterocycles. The number of likely N-dealkylation sites (N-methyl/N-ethyl adjacent to an activating group) is 2. The summed E-state index contributed by atoms with van der Waals surface area (Å²) >= 11 is 0. The van der Waals surface area contributed by atoms with Crippen LogP contribution in [0.3, 0.4) is 0 Å². The Kier molecular flexibility index (Phi) is 11.3. The van der Waals surface area contributed by atoms with Gasteiger partial charge in [-0.15, -0.1) is 0 Å². The van der Waals surface area contributed by atoms with Gasteiger partial charge in [0.15, 0.2) is 0 Å². The van der Waals surface area contributed by atoms with Gasteiger partial charge in [-0.2, -0.15) is 5.10 Å². The maximum absolute atomic E-state index is 4.72. The minimum absolute atomic E-state index is 0.592. The second-order valence-corrected chi connectivity index (χ2v) is 11.8. The van der Waals surface area contributed by atoms with Gasteiger partial charge in [0.1, 0.15) is 0 Å². The first-order valence-electron chi connectivity index (χ1n) is 15.2. The summed E-state index contributed by atoms with van der Waals surface area (Å²) in [5, 5.41) is 11.0. The predicted octanol–water partition coefficient (Wildman–Crippen LogP) is 4.90. The van der Waals surface area contributed by atoms with Gasteiger partial charge in [-0.3, -0.25) is 0 Å². The molecule has 3 aromatic heterocycles. The molecule has 230 valence electrons. The summed E-state index contributed by atoms with van der Waals surface area (Å²) in [5.41, 5.74) is 8.02. The van der Waals surface area contributed by atoms with Crippen molar-refractivity contribution in [2.45, 2.75) is 38.6 Å². The average molecular weight is 584 g/mol. The molecule has 1 fully saturated rings. The van der Waals surface area contributed by atoms with E-state index in [4.69, 9.17) is 4.98 Å². The van der Waals surface area contributed by atoms with E-state index in [1.54, 1.807) is 0 Å². The quantitative estimate of drug-likeness (QED) is 0.349. The summed E-state index contributed by atoms with van der Waals surface area (Å²) in [7, 11) is 10.6. The molecule has 0 amide bonds. The van der Waals surface area contributed by atoms with E-state index in [1.165, 1.54) is 31.6 Å². The van der Waals surface area contributed by atoms with Crippen molar-refractivity contribution < 1.29 is 0 Å². The second kappa shape index (κ2) is 15.1. The van der Waals surface area contributed by atoms with Gasteiger partial charge in [-0.25, -0.2) is 14.5 Å². The van der Waals surface area contributed by atoms with Crippen LogP contribution in [0.1, 0.15) is 48.1 Å². The molecule has 5 rings (SSSR count). The van der Waals surface area contributed by atoms with Gasteiger partial charge >= 0.3 is 0 Å². The van der Waals surface area contributed by atoms with E-state index in [0.717, 1.165) is 71.1 Å². The van der Waals surface area contributed by atoms with Crippen molar-refractivity contribution in [2.24, 2.45) is 0 Å². The number of hydrogen-bond donors (Lipinski definition) is 2. The third-order valence-electron chi connectivity index (χ3n) is 8.27. The molecule has 2 N–H and O–H groups in total. The number of anilines is 1. The first-order chi connectivity index (χ1) is 20.7. The highest BCUT2D eigenvalue weighted by Crippen LogP contribution is 2.27. The Hall–Kier alpha value is -3.79. The lowest BCUT2D eigenvalue weighted by Gasteiger charge is -2.28. The Morgan fingerprint density at radius 2 is 1.93 bits per heavy atom. The molecule has 0 bridgehead atoms. The topological polar surface area (TPSA) is 76.9 Å². The van der Waals surface area contributed by atoms with Crippen molar-refractivity contribution in [1.29, 1.82) is 0 Å². The van der Waals surface area contributed by atoms with Gasteiger partial charge in [0.25, 0.3) is 0 Å². The maximum atomic E-state index is 4.72. The van der Waals surface area contributed by atoms with Crippen molar-refractivity contribution in [3.63, 3.8) is 0 Å². The van der Waals surface area contributed by atoms with Gasteiger partial charge in [0.2, 0.25) is 5.95 Å². The minimum atomic E-state index is 0.592. The Bertz CT molecular complexity index is 1460. The van der Waals surface area contributed by atoms with Crippen molar-refractivity contribution in [2.75, 3.05) is 66.7 Å². The Morgan fingerprint density at radius 3 is 2.60 bits per heavy atom. The van der Waals surface area contributed by atoms with Crippen LogP contribution in [-0.2, 0) is 0 Å². The molecule has 0 aromatic carbocycles. The number of likely N-dealkylation sites (tertiary alicyclic amines) is 1. The van der Waals surface area contributed by atoms with Crippen LogP contribution in [0.5, 0.6) is 0 Å². The van der Waals surface area contributed by atoms with Gasteiger partial charge < -0.3 is 25.3 Å². The first kappa shape index (κ1) is 32.1. The number of fused-ring (bicyclic) bond motifs is 1. The van der Waals surface area contributed by atoms with Crippen LogP contribution in [0.15, 0.2) is 67.4 Å². The molecular formula is C34H49N9. The number of allylic oxidation sites excluding steroid dienone is 3. The summed E-state index contributed by atoms with van der Waals surface area (Å²) in [6, 6.07) is 4.86. The van der Waals surface area contributed by atoms with Gasteiger partial charge in [0, 0.05) is 61.1 Å². The van der Waals surface area contributed by atoms with E-state index >= 15 is 0 Å². The molecule has 3 aromatic rings. The fourth-order valence-corrected chi connectivity index (χ4v) is 5.32. The standard InChI is InChI=1S/C27H33N7.C7H16N2/c1-7-21-17-29-34-12-11-22(15-26(21)34)19(2)25-18-28-27(30-20(25)3)31-23-9-8-10-24(16-23)33(6)14-13-32(4)5;1-8-7-3-5-9(2)6-4-7/h7,9,11-12,15-18H,1-2,8,10,13-14H2,3-6H3,(H,28,30,31);7-8H,3-6H2,1-2H3. The molecule has 0 spiro atoms. The van der Waals surface area contributed by atoms with Crippen LogP contribution in [-0.4, -0.2) is 102 Å². The minimum Gasteiger partial charge on any atom is -0.377 e. The van der Waals surface area contributed by atoms with E-state index < -0.39 is 0 Å². The number of nitrogens with one attached hydrogen (secondary N) is 2. The van der Waals surface area contributed by atoms with Crippen molar-refractivity contribution in [1.82, 2.24) is 39.6 Å². The maximum Gasteiger partial charge on any atom is 0.227 e. The largest absolute Gasteiger partial charge is 0.377 e. The highest BCUT2D eigenvalue weighted by molar-refractivity contribution is 5.82. The molecule has 1 aliphatic carbocycles. The Morgan fingerprint density at radius 1 is 1.16 bits per heavy atom. The number of nitrogens with zero attached hydrogens (tertiary/aromatic N) is 7. The van der Waals surface area contributed by atoms with Gasteiger partial charge in [-0.05, 0) is 103 Å². The fraction of sp³-hybridized carbons (Fsp3) is 0.441. The third-order valence-corrected chi connectivity index (χ3v) is 8.27. The Labute approximate surface area is 257 Å². The zero-order valence-corrected chi connectivity index (χ0v) is 26.9. The average Bonchev–Trinajstić information content (AvgIpc) is 3.43. The molecule has 0 unspecified atom stereocenters. The molecular weight excluding hydrogens is 534 g/mol. The lowest BCUT2D eigenvalue weighted by Crippen LogP contribution is -2.39. The monoisotopic (exact) mass is 583 g/mol. The summed E-state index contributed by atoms with van der Waals surface area (Å²) in [4.78, 5) is 16.2. The van der Waals surface area contributed by atoms with Crippen LogP contribution in [0.4, 0.5) is 5.95 Å². The van der Waals surface area contributed by atoms with E-state index in [0.29, 0.717) is 5.95 Å². The van der Waals surface area contributed by atoms with Crippen LogP contribution >= 0.6 is 0 Å². The summed E-state index contributed by atoms with van der Waals surface area (Å²) < 4.78 is 1.84. The SMILES string of the molecule is C=Cc1cnn2ccc(C(=C)c3cnc(NC4=CCCC(N(C)CCN(C)C)=C4)nc3C)cc12.CNC1CCN(C)CC1. The number of pyridine rings is 1. The molecule has 0 atom stereocenters. The number of aryl methyl sites for hydroxylation is 1. The molecule has 9 heteroatoms. The molecule has 43 heavy (non-hydrogen) atoms. The third kappa shape index (κ3) is 8.63. The summed E-state index contributed by atoms with van der Waals surface area (Å²) in [6.07, 6.45) is 16.5. The normalized spacial score (nSPS) is 15.9. The van der Waals surface area contributed by atoms with Crippen LogP contribution in [0.2, 0.25) is 0 Å². The number of hydrogen-bond acceptors (Lipinski definition) is 8. The van der Waals surface area contributed by atoms with Gasteiger partial charge in [-0.1, -0.05) is 25.3 Å². The van der Waals surface area contributed by atoms with Crippen molar-refractivity contribution in [3.8, 4) is 0 Å². The highest BCUT2D eigenvalue weighted by Gasteiger charge is 2.15. The van der Waals surface area contributed by atoms with Gasteiger partial charge in [0.05, 0.1) is 17.4 Å². The number of aromatic nitrogens is 4. The lowest BCUT2D eigenvalue weighted by molar-refractivity contribution is 0.240. The van der Waals surface area contributed by atoms with Crippen LogP contribution < -0.4 is 10.6 Å². The van der Waals surface area contributed by atoms with E-state index in [-0.39, 0.29) is 0 Å². The van der Waals surface area contributed by atoms with Crippen molar-refractivity contribution >= 4 is 23.1 Å². The molecule has 0 radical (unpaired) electrons. The zero-order chi connectivity index (χ0) is 30.9. The summed E-state index contributed by atoms with van der Waals surface area (Å²) in [5.74, 6) is 0.592. The molecule has 0 saturated carbocycles. The van der Waals surface area contributed by atoms with Crippen molar-refractivity contribution in [3.05, 3.63) is 89.8 Å². The van der Waals surface area contributed by atoms with E-state index in [2.05, 4.69) is 102 Å². The molecule has 9 nitrogen and oxygen atoms in total. The second-order valence-electron chi connectivity index (χ2n) is 11.8. The zero-order valence-electron chi connectivity index (χ0n) is 26.9. The molecule has 1 saturated heterocycles. The van der Waals surface area contributed by atoms with Crippen LogP contribution in [0, 0.1) is 6.92 Å². The fourth-order valence-electron chi connectivity index (χ4n) is 5.32. The Balaban J connectivity index is 0.000000403. The van der Waals surface area contributed by atoms with E-state index in [1.807, 2.05) is 42.2 Å². The predicted molar refractivity (Wildman–Crippen MR) is 180 cm³/mol. The molecule has 4 heterocycles. The number of rotatable bonds is 10. The lowest BCUT2D eigenvalue weighted by atomic mass is 10.00. The summed E-state index contributed by atoms with van der Waals surface area (Å²) in [6.45, 7) is 14.7. The highest BCUT2D eigenvalue weighted by atomic mass is 15.2. The first-order valence-corrected chi connectivity index (χ1v) is 15.2. The van der Waals surface area contributed by atoms with E-state index in [9.17, 15) is 0 Å². The number of piperidine rings is 1. The van der Waals surface area contributed by atoms with Crippen LogP contribution in [0.25, 0.3) is 17.2 Å².